The highest BCUT2D eigenvalue weighted by Crippen LogP contribution is 2.60. The minimum atomic E-state index is -3.42. The van der Waals surface area contributed by atoms with Gasteiger partial charge in [-0.05, 0) is 89.5 Å². The normalized spacial score (nSPS) is 12.7. The molecule has 0 radical (unpaired) electrons. The molecule has 348 valence electrons. The Balaban J connectivity index is 1.11. The Morgan fingerprint density at radius 3 is 0.627 bits per heavy atom. The summed E-state index contributed by atoms with van der Waals surface area (Å²) in [5.41, 5.74) is 26.8. The van der Waals surface area contributed by atoms with Crippen LogP contribution in [0.15, 0.2) is 279 Å². The fourth-order valence-electron chi connectivity index (χ4n) is 13.5. The molecular formula is C72H46N2Si. The van der Waals surface area contributed by atoms with Crippen molar-refractivity contribution in [2.45, 2.75) is 0 Å². The second-order valence-electron chi connectivity index (χ2n) is 20.2. The van der Waals surface area contributed by atoms with Crippen molar-refractivity contribution in [2.24, 2.45) is 0 Å². The van der Waals surface area contributed by atoms with Crippen LogP contribution in [0.25, 0.3) is 89.0 Å². The number of benzene rings is 12. The molecule has 0 amide bonds. The van der Waals surface area contributed by atoms with Gasteiger partial charge in [0.1, 0.15) is 0 Å². The Morgan fingerprint density at radius 2 is 0.373 bits per heavy atom. The zero-order valence-corrected chi connectivity index (χ0v) is 42.0. The molecule has 0 spiro atoms. The first-order valence-electron chi connectivity index (χ1n) is 26.1. The zero-order valence-electron chi connectivity index (χ0n) is 41.0. The molecule has 0 saturated carbocycles. The number of hydrogen-bond donors (Lipinski definition) is 0. The van der Waals surface area contributed by atoms with E-state index in [4.69, 9.17) is 0 Å². The molecule has 0 unspecified atom stereocenters. The molecule has 0 atom stereocenters. The third-order valence-corrected chi connectivity index (χ3v) is 21.3. The Labute approximate surface area is 438 Å². The quantitative estimate of drug-likeness (QED) is 0.128. The molecule has 0 saturated heterocycles. The number of rotatable bonds is 4. The summed E-state index contributed by atoms with van der Waals surface area (Å²) in [6.45, 7) is 0. The van der Waals surface area contributed by atoms with Gasteiger partial charge in [0.05, 0.1) is 34.1 Å². The SMILES string of the molecule is c1ccc([Si](c2ccccc2)(c2cc3c4c(c2)-c2ccccc2-c2ccccc2N4c2ccccc2-c2ccccc2-3)c2cc3c4c(c2)-c2ccccc2-c2ccccc2N4c2ccccc2-c2ccccc2-3)cc1. The molecule has 3 heteroatoms. The molecule has 4 aliphatic rings. The monoisotopic (exact) mass is 966 g/mol. The van der Waals surface area contributed by atoms with E-state index < -0.39 is 8.07 Å². The van der Waals surface area contributed by atoms with Gasteiger partial charge in [0, 0.05) is 44.5 Å². The molecule has 4 aliphatic heterocycles. The third-order valence-electron chi connectivity index (χ3n) is 16.6. The number of para-hydroxylation sites is 4. The van der Waals surface area contributed by atoms with E-state index in [2.05, 4.69) is 289 Å². The van der Waals surface area contributed by atoms with Crippen molar-refractivity contribution >= 4 is 62.9 Å². The summed E-state index contributed by atoms with van der Waals surface area (Å²) in [4.78, 5) is 5.17. The third kappa shape index (κ3) is 5.90. The van der Waals surface area contributed by atoms with Crippen molar-refractivity contribution in [3.8, 4) is 89.0 Å². The molecule has 0 fully saturated rings. The molecule has 16 rings (SSSR count). The smallest absolute Gasteiger partial charge is 0.179 e. The summed E-state index contributed by atoms with van der Waals surface area (Å²) in [6.07, 6.45) is 0. The van der Waals surface area contributed by atoms with Crippen molar-refractivity contribution < 1.29 is 0 Å². The van der Waals surface area contributed by atoms with Crippen LogP contribution in [0.5, 0.6) is 0 Å². The van der Waals surface area contributed by atoms with Gasteiger partial charge in [-0.2, -0.15) is 0 Å². The lowest BCUT2D eigenvalue weighted by molar-refractivity contribution is 1.31. The first kappa shape index (κ1) is 42.0. The second-order valence-corrected chi connectivity index (χ2v) is 24.1. The van der Waals surface area contributed by atoms with Gasteiger partial charge in [0.15, 0.2) is 8.07 Å². The average molecular weight is 967 g/mol. The van der Waals surface area contributed by atoms with Crippen molar-refractivity contribution in [3.05, 3.63) is 279 Å². The summed E-state index contributed by atoms with van der Waals surface area (Å²) < 4.78 is 0. The van der Waals surface area contributed by atoms with Gasteiger partial charge < -0.3 is 9.80 Å². The lowest BCUT2D eigenvalue weighted by atomic mass is 9.90. The van der Waals surface area contributed by atoms with Crippen LogP contribution in [0, 0.1) is 0 Å². The summed E-state index contributed by atoms with van der Waals surface area (Å²) in [5, 5.41) is 5.31. The van der Waals surface area contributed by atoms with E-state index in [1.807, 2.05) is 0 Å². The van der Waals surface area contributed by atoms with Gasteiger partial charge in [0.2, 0.25) is 0 Å². The molecule has 12 aromatic rings. The highest BCUT2D eigenvalue weighted by molar-refractivity contribution is 7.20. The first-order chi connectivity index (χ1) is 37.3. The number of anilines is 6. The molecule has 0 N–H and O–H groups in total. The first-order valence-corrected chi connectivity index (χ1v) is 28.1. The van der Waals surface area contributed by atoms with E-state index in [9.17, 15) is 0 Å². The molecule has 0 aliphatic carbocycles. The second kappa shape index (κ2) is 16.2. The predicted molar refractivity (Wildman–Crippen MR) is 317 cm³/mol. The maximum atomic E-state index is 2.63. The van der Waals surface area contributed by atoms with E-state index in [0.717, 1.165) is 0 Å². The lowest BCUT2D eigenvalue weighted by Crippen LogP contribution is -2.74. The van der Waals surface area contributed by atoms with Crippen LogP contribution in [-0.4, -0.2) is 8.07 Å². The van der Waals surface area contributed by atoms with E-state index in [1.54, 1.807) is 0 Å². The minimum absolute atomic E-state index is 1.18. The van der Waals surface area contributed by atoms with Crippen molar-refractivity contribution in [2.75, 3.05) is 9.80 Å². The van der Waals surface area contributed by atoms with E-state index in [0.29, 0.717) is 0 Å². The van der Waals surface area contributed by atoms with Crippen LogP contribution in [0.2, 0.25) is 0 Å². The lowest BCUT2D eigenvalue weighted by Gasteiger charge is -2.38. The van der Waals surface area contributed by atoms with Crippen LogP contribution in [-0.2, 0) is 0 Å². The summed E-state index contributed by atoms with van der Waals surface area (Å²) >= 11 is 0. The van der Waals surface area contributed by atoms with Crippen molar-refractivity contribution in [1.29, 1.82) is 0 Å². The van der Waals surface area contributed by atoms with Gasteiger partial charge >= 0.3 is 0 Å². The Kier molecular flexibility index (Phi) is 9.09. The molecule has 2 nitrogen and oxygen atoms in total. The topological polar surface area (TPSA) is 6.48 Å². The minimum Gasteiger partial charge on any atom is -0.308 e. The Morgan fingerprint density at radius 1 is 0.173 bits per heavy atom. The maximum absolute atomic E-state index is 3.42. The van der Waals surface area contributed by atoms with Crippen LogP contribution >= 0.6 is 0 Å². The largest absolute Gasteiger partial charge is 0.308 e. The number of hydrogen-bond acceptors (Lipinski definition) is 2. The van der Waals surface area contributed by atoms with E-state index >= 15 is 0 Å². The van der Waals surface area contributed by atoms with Crippen molar-refractivity contribution in [1.82, 2.24) is 0 Å². The molecule has 4 heterocycles. The fourth-order valence-corrected chi connectivity index (χ4v) is 18.3. The van der Waals surface area contributed by atoms with Crippen LogP contribution in [0.3, 0.4) is 0 Å². The number of fused-ring (bicyclic) bond motifs is 20. The molecule has 0 bridgehead atoms. The Hall–Kier alpha value is -9.54. The molecular weight excluding hydrogens is 921 g/mol. The summed E-state index contributed by atoms with van der Waals surface area (Å²) in [7, 11) is -3.42. The summed E-state index contributed by atoms with van der Waals surface area (Å²) in [5.74, 6) is 0. The molecule has 75 heavy (non-hydrogen) atoms. The average Bonchev–Trinajstić information content (AvgIpc) is 3.84. The van der Waals surface area contributed by atoms with Crippen LogP contribution in [0.4, 0.5) is 34.1 Å². The molecule has 0 aromatic heterocycles. The highest BCUT2D eigenvalue weighted by atomic mass is 28.3. The fraction of sp³-hybridized carbons (Fsp3) is 0. The van der Waals surface area contributed by atoms with Gasteiger partial charge in [0.25, 0.3) is 0 Å². The highest BCUT2D eigenvalue weighted by Gasteiger charge is 2.46. The van der Waals surface area contributed by atoms with E-state index in [1.165, 1.54) is 144 Å². The molecule has 12 aromatic carbocycles. The van der Waals surface area contributed by atoms with Gasteiger partial charge in [-0.3, -0.25) is 0 Å². The van der Waals surface area contributed by atoms with E-state index in [-0.39, 0.29) is 0 Å². The van der Waals surface area contributed by atoms with Gasteiger partial charge in [-0.15, -0.1) is 0 Å². The maximum Gasteiger partial charge on any atom is 0.179 e. The Bertz CT molecular complexity index is 3820. The van der Waals surface area contributed by atoms with Gasteiger partial charge in [-0.1, -0.05) is 255 Å². The number of nitrogens with zero attached hydrogens (tertiary/aromatic N) is 2. The zero-order chi connectivity index (χ0) is 49.2. The van der Waals surface area contributed by atoms with Crippen molar-refractivity contribution in [3.63, 3.8) is 0 Å². The standard InChI is InChI=1S/C72H46N2Si/c1-3-23-47(24-4-1)75(48-25-5-2-6-26-48,49-43-63-55-31-11-7-27-51(55)59-35-15-19-39-67(59)73-68-40-20-16-36-60(68)52-28-8-12-32-56(52)64(44-49)71(63)73)50-45-65-57-33-13-9-29-53(57)61-37-17-21-41-69(61)74-70-42-22-18-38-62(70)54-30-10-14-34-58(54)66(46-50)72(65)74/h1-46H. The predicted octanol–water partition coefficient (Wildman–Crippen LogP) is 16.6. The van der Waals surface area contributed by atoms with Gasteiger partial charge in [-0.25, -0.2) is 0 Å². The van der Waals surface area contributed by atoms with Crippen LogP contribution in [0.1, 0.15) is 0 Å². The summed E-state index contributed by atoms with van der Waals surface area (Å²) in [6, 6.07) is 106. The van der Waals surface area contributed by atoms with Crippen LogP contribution < -0.4 is 30.5 Å².